The Morgan fingerprint density at radius 1 is 1.24 bits per heavy atom. The van der Waals surface area contributed by atoms with Crippen molar-refractivity contribution in [2.45, 2.75) is 45.6 Å². The Balaban J connectivity index is 0.00000240. The second-order valence-corrected chi connectivity index (χ2v) is 8.77. The molecule has 3 fully saturated rings. The Kier molecular flexibility index (Phi) is 8.22. The minimum atomic E-state index is 0. The highest BCUT2D eigenvalue weighted by atomic mass is 127. The van der Waals surface area contributed by atoms with E-state index in [1.165, 1.54) is 30.4 Å². The number of rotatable bonds is 4. The zero-order valence-corrected chi connectivity index (χ0v) is 20.2. The summed E-state index contributed by atoms with van der Waals surface area (Å²) in [4.78, 5) is 7.52. The Morgan fingerprint density at radius 2 is 2.07 bits per heavy atom. The van der Waals surface area contributed by atoms with Gasteiger partial charge in [-0.2, -0.15) is 0 Å². The first-order chi connectivity index (χ1) is 13.7. The summed E-state index contributed by atoms with van der Waals surface area (Å²) in [5, 5.41) is 3.53. The van der Waals surface area contributed by atoms with Gasteiger partial charge in [0, 0.05) is 50.7 Å². The number of benzene rings is 1. The average Bonchev–Trinajstić information content (AvgIpc) is 3.36. The molecule has 1 N–H and O–H groups in total. The Labute approximate surface area is 192 Å². The first-order valence-electron chi connectivity index (χ1n) is 11.0. The lowest BCUT2D eigenvalue weighted by Crippen LogP contribution is -2.42. The quantitative estimate of drug-likeness (QED) is 0.373. The second-order valence-electron chi connectivity index (χ2n) is 8.77. The third kappa shape index (κ3) is 5.44. The number of aliphatic imine (C=N–C) groups is 1. The number of aryl methyl sites for hydroxylation is 1. The monoisotopic (exact) mass is 513 g/mol. The van der Waals surface area contributed by atoms with Gasteiger partial charge in [-0.05, 0) is 45.1 Å². The highest BCUT2D eigenvalue weighted by Crippen LogP contribution is 2.38. The predicted molar refractivity (Wildman–Crippen MR) is 128 cm³/mol. The van der Waals surface area contributed by atoms with Crippen LogP contribution in [-0.4, -0.2) is 56.9 Å². The molecule has 3 saturated heterocycles. The Bertz CT molecular complexity index is 673. The summed E-state index contributed by atoms with van der Waals surface area (Å²) >= 11 is 0. The van der Waals surface area contributed by atoms with Crippen molar-refractivity contribution in [3.8, 4) is 0 Å². The van der Waals surface area contributed by atoms with Gasteiger partial charge in [0.1, 0.15) is 0 Å². The summed E-state index contributed by atoms with van der Waals surface area (Å²) in [7, 11) is 0. The van der Waals surface area contributed by atoms with E-state index in [2.05, 4.69) is 48.3 Å². The molecule has 0 bridgehead atoms. The van der Waals surface area contributed by atoms with Crippen molar-refractivity contribution in [1.29, 1.82) is 0 Å². The maximum atomic E-state index is 6.19. The summed E-state index contributed by atoms with van der Waals surface area (Å²) in [6.45, 7) is 10.8. The van der Waals surface area contributed by atoms with E-state index in [4.69, 9.17) is 14.5 Å². The lowest BCUT2D eigenvalue weighted by molar-refractivity contribution is -0.0250. The number of hydrogen-bond acceptors (Lipinski definition) is 3. The van der Waals surface area contributed by atoms with E-state index in [0.29, 0.717) is 11.3 Å². The van der Waals surface area contributed by atoms with Crippen LogP contribution in [0, 0.1) is 18.3 Å². The van der Waals surface area contributed by atoms with Crippen molar-refractivity contribution >= 4 is 29.9 Å². The lowest BCUT2D eigenvalue weighted by Gasteiger charge is -2.32. The van der Waals surface area contributed by atoms with Gasteiger partial charge in [0.2, 0.25) is 0 Å². The van der Waals surface area contributed by atoms with E-state index in [1.54, 1.807) is 0 Å². The first-order valence-corrected chi connectivity index (χ1v) is 11.0. The van der Waals surface area contributed by atoms with Gasteiger partial charge < -0.3 is 19.7 Å². The van der Waals surface area contributed by atoms with Crippen molar-refractivity contribution in [2.24, 2.45) is 16.3 Å². The molecule has 1 aromatic rings. The van der Waals surface area contributed by atoms with Gasteiger partial charge in [-0.25, -0.2) is 0 Å². The van der Waals surface area contributed by atoms with Crippen LogP contribution in [0.5, 0.6) is 0 Å². The zero-order valence-electron chi connectivity index (χ0n) is 17.9. The van der Waals surface area contributed by atoms with Crippen molar-refractivity contribution < 1.29 is 9.47 Å². The molecule has 0 aliphatic carbocycles. The number of nitrogens with one attached hydrogen (secondary N) is 1. The second kappa shape index (κ2) is 10.4. The largest absolute Gasteiger partial charge is 0.381 e. The molecule has 3 unspecified atom stereocenters. The van der Waals surface area contributed by atoms with Crippen molar-refractivity contribution in [2.75, 3.05) is 46.0 Å². The molecular weight excluding hydrogens is 477 g/mol. The molecule has 0 aromatic heterocycles. The molecule has 0 radical (unpaired) electrons. The fourth-order valence-electron chi connectivity index (χ4n) is 4.87. The van der Waals surface area contributed by atoms with E-state index in [1.807, 2.05) is 0 Å². The van der Waals surface area contributed by atoms with Gasteiger partial charge in [0.25, 0.3) is 0 Å². The summed E-state index contributed by atoms with van der Waals surface area (Å²) in [5.41, 5.74) is 2.94. The average molecular weight is 513 g/mol. The summed E-state index contributed by atoms with van der Waals surface area (Å²) < 4.78 is 11.9. The molecule has 3 atom stereocenters. The maximum Gasteiger partial charge on any atom is 0.193 e. The minimum Gasteiger partial charge on any atom is -0.381 e. The van der Waals surface area contributed by atoms with Crippen LogP contribution in [-0.2, 0) is 9.47 Å². The maximum absolute atomic E-state index is 6.19. The molecule has 5 nitrogen and oxygen atoms in total. The van der Waals surface area contributed by atoms with Crippen molar-refractivity contribution in [3.05, 3.63) is 35.4 Å². The van der Waals surface area contributed by atoms with E-state index in [9.17, 15) is 0 Å². The van der Waals surface area contributed by atoms with Crippen molar-refractivity contribution in [3.63, 3.8) is 0 Å². The molecule has 3 heterocycles. The SMILES string of the molecule is CCNC(=NCC1CCCOC1c1ccc(C)cc1)N1CCC2(CCOC2)C1.I. The number of hydrogen-bond donors (Lipinski definition) is 1. The van der Waals surface area contributed by atoms with Gasteiger partial charge in [-0.1, -0.05) is 29.8 Å². The molecule has 29 heavy (non-hydrogen) atoms. The number of guanidine groups is 1. The van der Waals surface area contributed by atoms with Crippen LogP contribution in [0.1, 0.15) is 49.8 Å². The van der Waals surface area contributed by atoms with Gasteiger partial charge in [-0.15, -0.1) is 24.0 Å². The molecule has 6 heteroatoms. The summed E-state index contributed by atoms with van der Waals surface area (Å²) in [6.07, 6.45) is 4.88. The zero-order chi connectivity index (χ0) is 19.4. The van der Waals surface area contributed by atoms with Crippen LogP contribution in [0.2, 0.25) is 0 Å². The van der Waals surface area contributed by atoms with Gasteiger partial charge in [-0.3, -0.25) is 4.99 Å². The normalized spacial score (nSPS) is 29.9. The summed E-state index contributed by atoms with van der Waals surface area (Å²) in [6, 6.07) is 8.81. The highest BCUT2D eigenvalue weighted by Gasteiger charge is 2.42. The highest BCUT2D eigenvalue weighted by molar-refractivity contribution is 14.0. The van der Waals surface area contributed by atoms with Crippen LogP contribution in [0.15, 0.2) is 29.3 Å². The fraction of sp³-hybridized carbons (Fsp3) is 0.696. The first kappa shape index (κ1) is 22.8. The number of halogens is 1. The van der Waals surface area contributed by atoms with Crippen LogP contribution >= 0.6 is 24.0 Å². The van der Waals surface area contributed by atoms with E-state index < -0.39 is 0 Å². The van der Waals surface area contributed by atoms with Gasteiger partial charge >= 0.3 is 0 Å². The standard InChI is InChI=1S/C23H35N3O2.HI/c1-3-24-22(26-12-10-23(16-26)11-14-27-17-23)25-15-20-5-4-13-28-21(20)19-8-6-18(2)7-9-19;/h6-9,20-21H,3-5,10-17H2,1-2H3,(H,24,25);1H. The van der Waals surface area contributed by atoms with Crippen LogP contribution < -0.4 is 5.32 Å². The third-order valence-electron chi connectivity index (χ3n) is 6.58. The molecule has 3 aliphatic rings. The van der Waals surface area contributed by atoms with Crippen LogP contribution in [0.4, 0.5) is 0 Å². The van der Waals surface area contributed by atoms with E-state index in [0.717, 1.165) is 58.4 Å². The predicted octanol–water partition coefficient (Wildman–Crippen LogP) is 4.16. The molecular formula is C23H36IN3O2. The van der Waals surface area contributed by atoms with Gasteiger partial charge in [0.15, 0.2) is 5.96 Å². The molecule has 162 valence electrons. The van der Waals surface area contributed by atoms with Crippen LogP contribution in [0.25, 0.3) is 0 Å². The molecule has 0 saturated carbocycles. The van der Waals surface area contributed by atoms with E-state index >= 15 is 0 Å². The fourth-order valence-corrected chi connectivity index (χ4v) is 4.87. The molecule has 1 aromatic carbocycles. The molecule has 4 rings (SSSR count). The molecule has 3 aliphatic heterocycles. The number of nitrogens with zero attached hydrogens (tertiary/aromatic N) is 2. The Hall–Kier alpha value is -0.860. The molecule has 0 amide bonds. The van der Waals surface area contributed by atoms with Crippen molar-refractivity contribution in [1.82, 2.24) is 10.2 Å². The number of likely N-dealkylation sites (tertiary alicyclic amines) is 1. The third-order valence-corrected chi connectivity index (χ3v) is 6.58. The lowest BCUT2D eigenvalue weighted by atomic mass is 9.87. The topological polar surface area (TPSA) is 46.1 Å². The molecule has 1 spiro atoms. The smallest absolute Gasteiger partial charge is 0.193 e. The minimum absolute atomic E-state index is 0. The summed E-state index contributed by atoms with van der Waals surface area (Å²) in [5.74, 6) is 1.51. The number of ether oxygens (including phenoxy) is 2. The van der Waals surface area contributed by atoms with E-state index in [-0.39, 0.29) is 30.1 Å². The Morgan fingerprint density at radius 3 is 2.79 bits per heavy atom. The van der Waals surface area contributed by atoms with Crippen LogP contribution in [0.3, 0.4) is 0 Å². The van der Waals surface area contributed by atoms with Gasteiger partial charge in [0.05, 0.1) is 12.7 Å².